The maximum absolute atomic E-state index is 6.20. The van der Waals surface area contributed by atoms with Gasteiger partial charge in [-0.1, -0.05) is 32.4 Å². The van der Waals surface area contributed by atoms with Gasteiger partial charge in [0.2, 0.25) is 0 Å². The van der Waals surface area contributed by atoms with Crippen LogP contribution in [-0.4, -0.2) is 39.0 Å². The SMILES string of the molecule is CC(CCCNCCO[Si](C)(C)C(C)(C)C)Nc1ccnc2cc(Cl)ccc12. The van der Waals surface area contributed by atoms with Crippen LogP contribution in [0, 0.1) is 0 Å². The van der Waals surface area contributed by atoms with Gasteiger partial charge in [-0.25, -0.2) is 0 Å². The number of anilines is 1. The zero-order chi connectivity index (χ0) is 20.8. The summed E-state index contributed by atoms with van der Waals surface area (Å²) in [5.41, 5.74) is 2.04. The zero-order valence-electron chi connectivity index (χ0n) is 18.2. The Labute approximate surface area is 176 Å². The molecular formula is C22H36ClN3OSi. The molecule has 0 aliphatic heterocycles. The second-order valence-electron chi connectivity index (χ2n) is 9.07. The van der Waals surface area contributed by atoms with Gasteiger partial charge < -0.3 is 15.1 Å². The van der Waals surface area contributed by atoms with Crippen LogP contribution in [-0.2, 0) is 4.43 Å². The van der Waals surface area contributed by atoms with Gasteiger partial charge in [-0.15, -0.1) is 0 Å². The van der Waals surface area contributed by atoms with E-state index >= 15 is 0 Å². The Morgan fingerprint density at radius 2 is 1.93 bits per heavy atom. The fourth-order valence-corrected chi connectivity index (χ4v) is 4.05. The Kier molecular flexibility index (Phi) is 8.31. The Balaban J connectivity index is 1.68. The predicted octanol–water partition coefficient (Wildman–Crippen LogP) is 6.08. The number of hydrogen-bond acceptors (Lipinski definition) is 4. The van der Waals surface area contributed by atoms with Crippen molar-refractivity contribution in [2.75, 3.05) is 25.0 Å². The molecule has 0 radical (unpaired) electrons. The number of halogens is 1. The van der Waals surface area contributed by atoms with E-state index in [1.807, 2.05) is 30.5 Å². The van der Waals surface area contributed by atoms with Crippen molar-refractivity contribution in [2.24, 2.45) is 0 Å². The van der Waals surface area contributed by atoms with Crippen molar-refractivity contribution >= 4 is 36.5 Å². The molecule has 1 unspecified atom stereocenters. The Bertz CT molecular complexity index is 761. The van der Waals surface area contributed by atoms with Crippen molar-refractivity contribution in [1.82, 2.24) is 10.3 Å². The van der Waals surface area contributed by atoms with Crippen LogP contribution in [0.4, 0.5) is 5.69 Å². The number of fused-ring (bicyclic) bond motifs is 1. The molecule has 0 aliphatic carbocycles. The number of aromatic nitrogens is 1. The van der Waals surface area contributed by atoms with Gasteiger partial charge >= 0.3 is 0 Å². The average molecular weight is 422 g/mol. The summed E-state index contributed by atoms with van der Waals surface area (Å²) in [5, 5.41) is 9.22. The standard InChI is InChI=1S/C22H36ClN3OSi/c1-17(8-7-12-24-14-15-27-28(5,6)22(2,3)4)26-20-11-13-25-21-16-18(23)9-10-19(20)21/h9-11,13,16-17,24H,7-8,12,14-15H2,1-6H3,(H,25,26). The van der Waals surface area contributed by atoms with E-state index in [2.05, 4.69) is 56.4 Å². The molecule has 2 N–H and O–H groups in total. The highest BCUT2D eigenvalue weighted by Gasteiger charge is 2.36. The number of nitrogens with one attached hydrogen (secondary N) is 2. The summed E-state index contributed by atoms with van der Waals surface area (Å²) >= 11 is 6.07. The number of nitrogens with zero attached hydrogens (tertiary/aromatic N) is 1. The van der Waals surface area contributed by atoms with Crippen LogP contribution in [0.25, 0.3) is 10.9 Å². The Morgan fingerprint density at radius 3 is 2.64 bits per heavy atom. The molecule has 0 aliphatic rings. The molecule has 6 heteroatoms. The van der Waals surface area contributed by atoms with E-state index < -0.39 is 8.32 Å². The second kappa shape index (κ2) is 10.1. The Hall–Kier alpha value is -1.14. The first-order valence-corrected chi connectivity index (χ1v) is 13.5. The third kappa shape index (κ3) is 6.73. The van der Waals surface area contributed by atoms with Crippen molar-refractivity contribution in [3.63, 3.8) is 0 Å². The molecule has 1 aromatic heterocycles. The van der Waals surface area contributed by atoms with Crippen LogP contribution in [0.1, 0.15) is 40.5 Å². The minimum atomic E-state index is -1.62. The van der Waals surface area contributed by atoms with E-state index in [9.17, 15) is 0 Å². The zero-order valence-corrected chi connectivity index (χ0v) is 20.0. The molecular weight excluding hydrogens is 386 g/mol. The van der Waals surface area contributed by atoms with Crippen molar-refractivity contribution in [2.45, 2.75) is 64.7 Å². The van der Waals surface area contributed by atoms with Crippen LogP contribution in [0.2, 0.25) is 23.2 Å². The van der Waals surface area contributed by atoms with Crippen molar-refractivity contribution in [1.29, 1.82) is 0 Å². The molecule has 0 saturated heterocycles. The van der Waals surface area contributed by atoms with Crippen LogP contribution < -0.4 is 10.6 Å². The van der Waals surface area contributed by atoms with E-state index in [1.54, 1.807) is 0 Å². The number of rotatable bonds is 10. The largest absolute Gasteiger partial charge is 0.416 e. The topological polar surface area (TPSA) is 46.2 Å². The lowest BCUT2D eigenvalue weighted by Gasteiger charge is -2.36. The van der Waals surface area contributed by atoms with Crippen molar-refractivity contribution < 1.29 is 4.43 Å². The quantitative estimate of drug-likeness (QED) is 0.360. The molecule has 1 atom stereocenters. The highest BCUT2D eigenvalue weighted by atomic mass is 35.5. The summed E-state index contributed by atoms with van der Waals surface area (Å²) in [6, 6.07) is 8.28. The molecule has 0 bridgehead atoms. The summed E-state index contributed by atoms with van der Waals surface area (Å²) in [6.07, 6.45) is 4.06. The van der Waals surface area contributed by atoms with Crippen molar-refractivity contribution in [3.8, 4) is 0 Å². The summed E-state index contributed by atoms with van der Waals surface area (Å²) in [6.45, 7) is 16.4. The summed E-state index contributed by atoms with van der Waals surface area (Å²) in [4.78, 5) is 4.40. The number of hydrogen-bond donors (Lipinski definition) is 2. The maximum atomic E-state index is 6.20. The molecule has 2 rings (SSSR count). The van der Waals surface area contributed by atoms with Crippen molar-refractivity contribution in [3.05, 3.63) is 35.5 Å². The van der Waals surface area contributed by atoms with Crippen LogP contribution in [0.15, 0.2) is 30.5 Å². The normalized spacial score (nSPS) is 13.7. The lowest BCUT2D eigenvalue weighted by atomic mass is 10.1. The monoisotopic (exact) mass is 421 g/mol. The van der Waals surface area contributed by atoms with E-state index in [1.165, 1.54) is 0 Å². The first kappa shape index (κ1) is 23.1. The molecule has 0 fully saturated rings. The van der Waals surface area contributed by atoms with Gasteiger partial charge in [0, 0.05) is 41.5 Å². The van der Waals surface area contributed by atoms with E-state index in [4.69, 9.17) is 16.0 Å². The van der Waals surface area contributed by atoms with Gasteiger partial charge in [0.25, 0.3) is 0 Å². The first-order chi connectivity index (χ1) is 13.1. The van der Waals surface area contributed by atoms with Crippen LogP contribution in [0.3, 0.4) is 0 Å². The molecule has 1 heterocycles. The predicted molar refractivity (Wildman–Crippen MR) is 125 cm³/mol. The molecule has 1 aromatic carbocycles. The molecule has 28 heavy (non-hydrogen) atoms. The molecule has 0 spiro atoms. The van der Waals surface area contributed by atoms with Gasteiger partial charge in [0.05, 0.1) is 5.52 Å². The highest BCUT2D eigenvalue weighted by Crippen LogP contribution is 2.36. The number of benzene rings is 1. The maximum Gasteiger partial charge on any atom is 0.192 e. The van der Waals surface area contributed by atoms with Gasteiger partial charge in [0.1, 0.15) is 0 Å². The third-order valence-corrected chi connectivity index (χ3v) is 10.4. The van der Waals surface area contributed by atoms with E-state index in [-0.39, 0.29) is 5.04 Å². The average Bonchev–Trinajstić information content (AvgIpc) is 2.59. The summed E-state index contributed by atoms with van der Waals surface area (Å²) < 4.78 is 6.20. The van der Waals surface area contributed by atoms with E-state index in [0.29, 0.717) is 11.1 Å². The fourth-order valence-electron chi connectivity index (χ4n) is 2.84. The van der Waals surface area contributed by atoms with Crippen LogP contribution in [0.5, 0.6) is 0 Å². The third-order valence-electron chi connectivity index (χ3n) is 5.65. The lowest BCUT2D eigenvalue weighted by Crippen LogP contribution is -2.42. The van der Waals surface area contributed by atoms with Gasteiger partial charge in [-0.2, -0.15) is 0 Å². The van der Waals surface area contributed by atoms with Gasteiger partial charge in [0.15, 0.2) is 8.32 Å². The molecule has 0 saturated carbocycles. The second-order valence-corrected chi connectivity index (χ2v) is 14.3. The molecule has 156 valence electrons. The molecule has 4 nitrogen and oxygen atoms in total. The smallest absolute Gasteiger partial charge is 0.192 e. The number of pyridine rings is 1. The molecule has 2 aromatic rings. The highest BCUT2D eigenvalue weighted by molar-refractivity contribution is 6.74. The van der Waals surface area contributed by atoms with Gasteiger partial charge in [-0.05, 0) is 68.7 Å². The fraction of sp³-hybridized carbons (Fsp3) is 0.591. The van der Waals surface area contributed by atoms with Crippen LogP contribution >= 0.6 is 11.6 Å². The minimum Gasteiger partial charge on any atom is -0.416 e. The first-order valence-electron chi connectivity index (χ1n) is 10.3. The minimum absolute atomic E-state index is 0.274. The Morgan fingerprint density at radius 1 is 1.18 bits per heavy atom. The lowest BCUT2D eigenvalue weighted by molar-refractivity contribution is 0.285. The van der Waals surface area contributed by atoms with Gasteiger partial charge in [-0.3, -0.25) is 4.98 Å². The van der Waals surface area contributed by atoms with E-state index in [0.717, 1.165) is 49.1 Å². The molecule has 0 amide bonds. The summed E-state index contributed by atoms with van der Waals surface area (Å²) in [5.74, 6) is 0. The summed E-state index contributed by atoms with van der Waals surface area (Å²) in [7, 11) is -1.62.